The van der Waals surface area contributed by atoms with Gasteiger partial charge in [-0.15, -0.1) is 0 Å². The van der Waals surface area contributed by atoms with E-state index in [4.69, 9.17) is 0 Å². The molecule has 0 unspecified atom stereocenters. The van der Waals surface area contributed by atoms with Crippen LogP contribution in [-0.2, 0) is 6.54 Å². The molecule has 0 N–H and O–H groups in total. The van der Waals surface area contributed by atoms with Gasteiger partial charge in [-0.1, -0.05) is 9.98 Å². The Hall–Kier alpha value is -1.25. The van der Waals surface area contributed by atoms with Gasteiger partial charge in [-0.3, -0.25) is 0 Å². The van der Waals surface area contributed by atoms with Crippen LogP contribution in [0, 0.1) is 0 Å². The maximum absolute atomic E-state index is 4.03. The zero-order valence-electron chi connectivity index (χ0n) is 4.86. The molecular weight excluding hydrogens is 114 g/mol. The van der Waals surface area contributed by atoms with E-state index in [1.165, 1.54) is 0 Å². The number of aliphatic imine (C=N–C) groups is 1. The van der Waals surface area contributed by atoms with Gasteiger partial charge in [0.2, 0.25) is 0 Å². The van der Waals surface area contributed by atoms with E-state index < -0.39 is 0 Å². The summed E-state index contributed by atoms with van der Waals surface area (Å²) in [4.78, 5) is 8.05. The Balaban J connectivity index is 2.63. The Morgan fingerprint density at radius 1 is 1.56 bits per heavy atom. The van der Waals surface area contributed by atoms with Crippen molar-refractivity contribution in [3.05, 3.63) is 18.5 Å². The lowest BCUT2D eigenvalue weighted by molar-refractivity contribution is -0.665. The number of rotatable bonds is 0. The van der Waals surface area contributed by atoms with Crippen molar-refractivity contribution in [1.82, 2.24) is 4.98 Å². The van der Waals surface area contributed by atoms with Crippen LogP contribution in [0.3, 0.4) is 0 Å². The third kappa shape index (κ3) is 0.614. The lowest BCUT2D eigenvalue weighted by Gasteiger charge is -1.86. The minimum Gasteiger partial charge on any atom is -0.226 e. The molecule has 2 rings (SSSR count). The van der Waals surface area contributed by atoms with Crippen LogP contribution in [0.1, 0.15) is 0 Å². The summed E-state index contributed by atoms with van der Waals surface area (Å²) in [5.41, 5.74) is 0. The van der Waals surface area contributed by atoms with Crippen LogP contribution in [-0.4, -0.2) is 11.2 Å². The molecule has 0 bridgehead atoms. The SMILES string of the molecule is C1=Nc2nccc[n+]2C1. The van der Waals surface area contributed by atoms with E-state index in [1.54, 1.807) is 6.20 Å². The van der Waals surface area contributed by atoms with Gasteiger partial charge in [0.1, 0.15) is 19.0 Å². The number of hydrogen-bond donors (Lipinski definition) is 0. The monoisotopic (exact) mass is 120 g/mol. The smallest absolute Gasteiger partial charge is 0.226 e. The summed E-state index contributed by atoms with van der Waals surface area (Å²) in [5.74, 6) is 0.803. The predicted molar refractivity (Wildman–Crippen MR) is 32.6 cm³/mol. The molecule has 0 aliphatic carbocycles. The standard InChI is InChI=1S/C6H6N3/c1-2-7-6-8-3-5-9(6)4-1/h1-4H,5H2/q+1. The molecule has 0 spiro atoms. The molecule has 0 amide bonds. The molecule has 1 aliphatic rings. The first-order valence-electron chi connectivity index (χ1n) is 2.84. The van der Waals surface area contributed by atoms with Crippen molar-refractivity contribution in [3.63, 3.8) is 0 Å². The summed E-state index contributed by atoms with van der Waals surface area (Å²) in [6, 6.07) is 1.90. The van der Waals surface area contributed by atoms with Crippen LogP contribution in [0.15, 0.2) is 23.5 Å². The van der Waals surface area contributed by atoms with Gasteiger partial charge in [0, 0.05) is 6.07 Å². The molecule has 0 aromatic carbocycles. The number of aromatic nitrogens is 2. The lowest BCUT2D eigenvalue weighted by atomic mass is 10.6. The number of nitrogens with zero attached hydrogens (tertiary/aromatic N) is 3. The highest BCUT2D eigenvalue weighted by atomic mass is 15.2. The third-order valence-electron chi connectivity index (χ3n) is 1.28. The second-order valence-corrected chi connectivity index (χ2v) is 1.88. The van der Waals surface area contributed by atoms with Crippen LogP contribution < -0.4 is 4.57 Å². The molecule has 0 saturated heterocycles. The van der Waals surface area contributed by atoms with Gasteiger partial charge < -0.3 is 0 Å². The van der Waals surface area contributed by atoms with E-state index >= 15 is 0 Å². The predicted octanol–water partition coefficient (Wildman–Crippen LogP) is 0.0850. The van der Waals surface area contributed by atoms with Gasteiger partial charge in [-0.05, 0) is 0 Å². The maximum atomic E-state index is 4.03. The average Bonchev–Trinajstić information content (AvgIpc) is 2.33. The third-order valence-corrected chi connectivity index (χ3v) is 1.28. The number of fused-ring (bicyclic) bond motifs is 1. The summed E-state index contributed by atoms with van der Waals surface area (Å²) in [6.45, 7) is 0.864. The molecule has 0 fully saturated rings. The molecule has 0 atom stereocenters. The molecule has 2 heterocycles. The van der Waals surface area contributed by atoms with Crippen LogP contribution in [0.25, 0.3) is 0 Å². The van der Waals surface area contributed by atoms with Gasteiger partial charge >= 0.3 is 5.95 Å². The zero-order valence-corrected chi connectivity index (χ0v) is 4.86. The van der Waals surface area contributed by atoms with Crippen molar-refractivity contribution in [2.75, 3.05) is 0 Å². The van der Waals surface area contributed by atoms with Crippen LogP contribution >= 0.6 is 0 Å². The van der Waals surface area contributed by atoms with Crippen LogP contribution in [0.5, 0.6) is 0 Å². The fraction of sp³-hybridized carbons (Fsp3) is 0.167. The van der Waals surface area contributed by atoms with Crippen molar-refractivity contribution < 1.29 is 4.57 Å². The average molecular weight is 120 g/mol. The van der Waals surface area contributed by atoms with E-state index in [1.807, 2.05) is 23.0 Å². The fourth-order valence-electron chi connectivity index (χ4n) is 0.853. The molecule has 9 heavy (non-hydrogen) atoms. The number of hydrogen-bond acceptors (Lipinski definition) is 2. The van der Waals surface area contributed by atoms with Gasteiger partial charge in [0.05, 0.1) is 6.20 Å². The highest BCUT2D eigenvalue weighted by Crippen LogP contribution is 1.99. The van der Waals surface area contributed by atoms with Crippen molar-refractivity contribution in [3.8, 4) is 0 Å². The summed E-state index contributed by atoms with van der Waals surface area (Å²) < 4.78 is 1.99. The second-order valence-electron chi connectivity index (χ2n) is 1.88. The molecule has 1 aromatic heterocycles. The quantitative estimate of drug-likeness (QED) is 0.446. The minimum atomic E-state index is 0.803. The van der Waals surface area contributed by atoms with E-state index in [9.17, 15) is 0 Å². The molecule has 1 aromatic rings. The Morgan fingerprint density at radius 2 is 2.56 bits per heavy atom. The minimum absolute atomic E-state index is 0.803. The van der Waals surface area contributed by atoms with Crippen molar-refractivity contribution in [2.45, 2.75) is 6.54 Å². The molecular formula is C6H6N3+. The van der Waals surface area contributed by atoms with Gasteiger partial charge in [-0.25, -0.2) is 4.57 Å². The van der Waals surface area contributed by atoms with Gasteiger partial charge in [0.25, 0.3) is 0 Å². The molecule has 0 radical (unpaired) electrons. The Morgan fingerprint density at radius 3 is 3.44 bits per heavy atom. The Kier molecular flexibility index (Phi) is 0.828. The van der Waals surface area contributed by atoms with Crippen LogP contribution in [0.4, 0.5) is 5.95 Å². The first-order chi connectivity index (χ1) is 4.47. The highest BCUT2D eigenvalue weighted by molar-refractivity contribution is 5.60. The van der Waals surface area contributed by atoms with Gasteiger partial charge in [0.15, 0.2) is 0 Å². The Bertz CT molecular complexity index is 254. The molecule has 0 saturated carbocycles. The summed E-state index contributed by atoms with van der Waals surface area (Å²) in [6.07, 6.45) is 5.56. The van der Waals surface area contributed by atoms with E-state index in [0.29, 0.717) is 0 Å². The first kappa shape index (κ1) is 4.61. The largest absolute Gasteiger partial charge is 0.432 e. The maximum Gasteiger partial charge on any atom is 0.432 e. The molecule has 3 heteroatoms. The van der Waals surface area contributed by atoms with Crippen molar-refractivity contribution in [2.24, 2.45) is 4.99 Å². The normalized spacial score (nSPS) is 13.8. The molecule has 3 nitrogen and oxygen atoms in total. The summed E-state index contributed by atoms with van der Waals surface area (Å²) >= 11 is 0. The first-order valence-corrected chi connectivity index (χ1v) is 2.84. The van der Waals surface area contributed by atoms with E-state index in [0.717, 1.165) is 12.5 Å². The van der Waals surface area contributed by atoms with Gasteiger partial charge in [-0.2, -0.15) is 0 Å². The summed E-state index contributed by atoms with van der Waals surface area (Å²) in [5, 5.41) is 0. The molecule has 1 aliphatic heterocycles. The topological polar surface area (TPSA) is 29.1 Å². The van der Waals surface area contributed by atoms with Crippen molar-refractivity contribution >= 4 is 12.2 Å². The fourth-order valence-corrected chi connectivity index (χ4v) is 0.853. The van der Waals surface area contributed by atoms with E-state index in [-0.39, 0.29) is 0 Å². The van der Waals surface area contributed by atoms with Crippen molar-refractivity contribution in [1.29, 1.82) is 0 Å². The highest BCUT2D eigenvalue weighted by Gasteiger charge is 2.12. The lowest BCUT2D eigenvalue weighted by Crippen LogP contribution is -2.30. The van der Waals surface area contributed by atoms with Crippen LogP contribution in [0.2, 0.25) is 0 Å². The Labute approximate surface area is 52.7 Å². The zero-order chi connectivity index (χ0) is 6.10. The summed E-state index contributed by atoms with van der Waals surface area (Å²) in [7, 11) is 0. The molecule has 44 valence electrons. The second kappa shape index (κ2) is 1.62. The van der Waals surface area contributed by atoms with E-state index in [2.05, 4.69) is 9.98 Å².